The summed E-state index contributed by atoms with van der Waals surface area (Å²) in [5.41, 5.74) is 1.38. The fourth-order valence-corrected chi connectivity index (χ4v) is 2.51. The maximum Gasteiger partial charge on any atom is 0.177 e. The van der Waals surface area contributed by atoms with Crippen molar-refractivity contribution in [2.24, 2.45) is 5.41 Å². The van der Waals surface area contributed by atoms with E-state index in [0.29, 0.717) is 5.41 Å². The van der Waals surface area contributed by atoms with Gasteiger partial charge in [-0.2, -0.15) is 0 Å². The average molecular weight is 226 g/mol. The van der Waals surface area contributed by atoms with Gasteiger partial charge in [0.15, 0.2) is 4.77 Å². The minimum atomic E-state index is 0.0648. The number of imidazole rings is 1. The summed E-state index contributed by atoms with van der Waals surface area (Å²) in [6, 6.07) is 0. The van der Waals surface area contributed by atoms with Crippen LogP contribution in [-0.4, -0.2) is 14.7 Å². The number of rotatable bonds is 5. The van der Waals surface area contributed by atoms with Gasteiger partial charge in [0.05, 0.1) is 12.3 Å². The van der Waals surface area contributed by atoms with Gasteiger partial charge in [-0.25, -0.2) is 0 Å². The summed E-state index contributed by atoms with van der Waals surface area (Å²) >= 11 is 5.22. The van der Waals surface area contributed by atoms with Crippen molar-refractivity contribution in [2.75, 3.05) is 0 Å². The highest BCUT2D eigenvalue weighted by Gasteiger charge is 2.42. The fraction of sp³-hybridized carbons (Fsp3) is 0.727. The third-order valence-electron chi connectivity index (χ3n) is 3.35. The van der Waals surface area contributed by atoms with Crippen molar-refractivity contribution in [1.29, 1.82) is 0 Å². The molecule has 1 aromatic rings. The number of aliphatic hydroxyl groups is 1. The molecule has 0 bridgehead atoms. The standard InChI is InChI=1S/C11H18N2OS/c1-2-3-11(4-5-11)8-13-9(7-14)6-12-10(13)15/h6,14H,2-5,7-8H2,1H3,(H,12,15). The van der Waals surface area contributed by atoms with E-state index in [-0.39, 0.29) is 6.61 Å². The summed E-state index contributed by atoms with van der Waals surface area (Å²) in [5, 5.41) is 9.19. The summed E-state index contributed by atoms with van der Waals surface area (Å²) in [5.74, 6) is 0. The van der Waals surface area contributed by atoms with Crippen LogP contribution < -0.4 is 0 Å². The van der Waals surface area contributed by atoms with Crippen LogP contribution in [0, 0.1) is 10.2 Å². The van der Waals surface area contributed by atoms with E-state index < -0.39 is 0 Å². The van der Waals surface area contributed by atoms with E-state index in [1.165, 1.54) is 25.7 Å². The van der Waals surface area contributed by atoms with Crippen LogP contribution in [0.2, 0.25) is 0 Å². The maximum atomic E-state index is 9.19. The Hall–Kier alpha value is -0.610. The maximum absolute atomic E-state index is 9.19. The molecule has 0 saturated heterocycles. The zero-order valence-corrected chi connectivity index (χ0v) is 9.94. The van der Waals surface area contributed by atoms with E-state index in [2.05, 4.69) is 16.5 Å². The van der Waals surface area contributed by atoms with Crippen molar-refractivity contribution in [2.45, 2.75) is 45.8 Å². The lowest BCUT2D eigenvalue weighted by molar-refractivity contribution is 0.263. The molecule has 1 fully saturated rings. The number of H-pyrrole nitrogens is 1. The number of hydrogen-bond acceptors (Lipinski definition) is 2. The van der Waals surface area contributed by atoms with Crippen LogP contribution in [0.1, 0.15) is 38.3 Å². The Balaban J connectivity index is 2.16. The molecule has 0 amide bonds. The van der Waals surface area contributed by atoms with Gasteiger partial charge >= 0.3 is 0 Å². The van der Waals surface area contributed by atoms with E-state index in [9.17, 15) is 5.11 Å². The van der Waals surface area contributed by atoms with Gasteiger partial charge in [0, 0.05) is 12.7 Å². The van der Waals surface area contributed by atoms with Crippen molar-refractivity contribution in [1.82, 2.24) is 9.55 Å². The smallest absolute Gasteiger partial charge is 0.177 e. The highest BCUT2D eigenvalue weighted by molar-refractivity contribution is 7.71. The van der Waals surface area contributed by atoms with E-state index in [1.54, 1.807) is 0 Å². The van der Waals surface area contributed by atoms with Crippen LogP contribution in [0.4, 0.5) is 0 Å². The van der Waals surface area contributed by atoms with Crippen LogP contribution in [0.3, 0.4) is 0 Å². The summed E-state index contributed by atoms with van der Waals surface area (Å²) < 4.78 is 2.79. The largest absolute Gasteiger partial charge is 0.390 e. The normalized spacial score (nSPS) is 18.0. The molecule has 0 spiro atoms. The van der Waals surface area contributed by atoms with E-state index in [0.717, 1.165) is 17.0 Å². The summed E-state index contributed by atoms with van der Waals surface area (Å²) in [7, 11) is 0. The first-order valence-corrected chi connectivity index (χ1v) is 5.99. The first kappa shape index (κ1) is 10.9. The molecule has 1 heterocycles. The van der Waals surface area contributed by atoms with Crippen LogP contribution in [0.25, 0.3) is 0 Å². The van der Waals surface area contributed by atoms with Crippen molar-refractivity contribution in [3.8, 4) is 0 Å². The Bertz CT molecular complexity index is 390. The monoisotopic (exact) mass is 226 g/mol. The van der Waals surface area contributed by atoms with Crippen molar-refractivity contribution in [3.63, 3.8) is 0 Å². The Morgan fingerprint density at radius 3 is 2.87 bits per heavy atom. The van der Waals surface area contributed by atoms with Gasteiger partial charge in [-0.15, -0.1) is 0 Å². The Labute approximate surface area is 95.1 Å². The van der Waals surface area contributed by atoms with Gasteiger partial charge in [-0.3, -0.25) is 0 Å². The molecule has 1 saturated carbocycles. The molecule has 0 radical (unpaired) electrons. The molecule has 0 atom stereocenters. The molecule has 1 aliphatic carbocycles. The second kappa shape index (κ2) is 4.10. The topological polar surface area (TPSA) is 41.0 Å². The van der Waals surface area contributed by atoms with Crippen LogP contribution in [-0.2, 0) is 13.2 Å². The number of nitrogens with zero attached hydrogens (tertiary/aromatic N) is 1. The third-order valence-corrected chi connectivity index (χ3v) is 3.69. The lowest BCUT2D eigenvalue weighted by Gasteiger charge is -2.16. The lowest BCUT2D eigenvalue weighted by Crippen LogP contribution is -2.14. The van der Waals surface area contributed by atoms with Gasteiger partial charge in [0.25, 0.3) is 0 Å². The van der Waals surface area contributed by atoms with E-state index >= 15 is 0 Å². The minimum absolute atomic E-state index is 0.0648. The zero-order chi connectivity index (χ0) is 10.9. The predicted molar refractivity (Wildman–Crippen MR) is 62.1 cm³/mol. The molecule has 2 rings (SSSR count). The highest BCUT2D eigenvalue weighted by Crippen LogP contribution is 2.51. The summed E-state index contributed by atoms with van der Waals surface area (Å²) in [6.07, 6.45) is 6.92. The predicted octanol–water partition coefficient (Wildman–Crippen LogP) is 2.62. The molecule has 1 aliphatic rings. The molecule has 4 heteroatoms. The fourth-order valence-electron chi connectivity index (χ4n) is 2.27. The number of aromatic nitrogens is 2. The average Bonchev–Trinajstić information content (AvgIpc) is 2.89. The molecular formula is C11H18N2OS. The summed E-state index contributed by atoms with van der Waals surface area (Å²) in [6.45, 7) is 3.26. The van der Waals surface area contributed by atoms with Crippen molar-refractivity contribution < 1.29 is 5.11 Å². The first-order valence-electron chi connectivity index (χ1n) is 5.59. The lowest BCUT2D eigenvalue weighted by atomic mass is 10.0. The molecule has 1 aromatic heterocycles. The first-order chi connectivity index (χ1) is 7.21. The highest BCUT2D eigenvalue weighted by atomic mass is 32.1. The Kier molecular flexibility index (Phi) is 2.98. The second-order valence-electron chi connectivity index (χ2n) is 4.58. The molecule has 3 nitrogen and oxygen atoms in total. The molecule has 84 valence electrons. The Morgan fingerprint density at radius 1 is 1.60 bits per heavy atom. The number of aliphatic hydroxyl groups excluding tert-OH is 1. The van der Waals surface area contributed by atoms with Gasteiger partial charge in [0.2, 0.25) is 0 Å². The minimum Gasteiger partial charge on any atom is -0.390 e. The molecule has 0 aromatic carbocycles. The number of nitrogens with one attached hydrogen (secondary N) is 1. The van der Waals surface area contributed by atoms with Crippen LogP contribution in [0.15, 0.2) is 6.20 Å². The van der Waals surface area contributed by atoms with Gasteiger partial charge in [-0.1, -0.05) is 13.3 Å². The third kappa shape index (κ3) is 2.16. The Morgan fingerprint density at radius 2 is 2.33 bits per heavy atom. The van der Waals surface area contributed by atoms with Gasteiger partial charge in [0.1, 0.15) is 0 Å². The zero-order valence-electron chi connectivity index (χ0n) is 9.12. The molecule has 0 unspecified atom stereocenters. The van der Waals surface area contributed by atoms with E-state index in [4.69, 9.17) is 12.2 Å². The van der Waals surface area contributed by atoms with E-state index in [1.807, 2.05) is 6.20 Å². The SMILES string of the molecule is CCCC1(Cn2c(CO)c[nH]c2=S)CC1. The van der Waals surface area contributed by atoms with Crippen molar-refractivity contribution >= 4 is 12.2 Å². The second-order valence-corrected chi connectivity index (χ2v) is 4.97. The van der Waals surface area contributed by atoms with Gasteiger partial charge in [-0.05, 0) is 36.9 Å². The number of hydrogen-bond donors (Lipinski definition) is 2. The number of aromatic amines is 1. The molecular weight excluding hydrogens is 208 g/mol. The quantitative estimate of drug-likeness (QED) is 0.758. The molecule has 2 N–H and O–H groups in total. The summed E-state index contributed by atoms with van der Waals surface area (Å²) in [4.78, 5) is 3.00. The molecule has 0 aliphatic heterocycles. The van der Waals surface area contributed by atoms with Crippen molar-refractivity contribution in [3.05, 3.63) is 16.7 Å². The van der Waals surface area contributed by atoms with Crippen LogP contribution in [0.5, 0.6) is 0 Å². The molecule has 15 heavy (non-hydrogen) atoms. The van der Waals surface area contributed by atoms with Gasteiger partial charge < -0.3 is 14.7 Å². The van der Waals surface area contributed by atoms with Crippen LogP contribution >= 0.6 is 12.2 Å².